The Morgan fingerprint density at radius 3 is 2.67 bits per heavy atom. The summed E-state index contributed by atoms with van der Waals surface area (Å²) in [6, 6.07) is 12.9. The zero-order valence-corrected chi connectivity index (χ0v) is 16.8. The van der Waals surface area contributed by atoms with Crippen LogP contribution in [0.25, 0.3) is 0 Å². The lowest BCUT2D eigenvalue weighted by Crippen LogP contribution is -2.34. The monoisotopic (exact) mass is 425 g/mol. The molecule has 0 aromatic heterocycles. The molecule has 2 aromatic carbocycles. The van der Waals surface area contributed by atoms with E-state index in [1.165, 1.54) is 12.1 Å². The molecule has 9 heteroatoms. The number of nitrogens with one attached hydrogen (secondary N) is 3. The van der Waals surface area contributed by atoms with E-state index in [9.17, 15) is 8.42 Å². The van der Waals surface area contributed by atoms with Gasteiger partial charge in [-0.2, -0.15) is 0 Å². The quantitative estimate of drug-likeness (QED) is 0.613. The van der Waals surface area contributed by atoms with Crippen LogP contribution in [0.3, 0.4) is 0 Å². The number of thiocarbonyl (C=S) groups is 1. The maximum Gasteiger partial charge on any atom is 0.261 e. The number of hydrogen-bond acceptors (Lipinski definition) is 4. The van der Waals surface area contributed by atoms with Crippen LogP contribution in [0, 0.1) is 0 Å². The summed E-state index contributed by atoms with van der Waals surface area (Å²) in [6.07, 6.45) is 2.24. The van der Waals surface area contributed by atoms with E-state index < -0.39 is 10.0 Å². The maximum atomic E-state index is 12.6. The topological polar surface area (TPSA) is 79.5 Å². The number of ether oxygens (including phenoxy) is 1. The molecule has 0 amide bonds. The number of sulfonamides is 1. The zero-order valence-electron chi connectivity index (χ0n) is 14.4. The fraction of sp³-hybridized carbons (Fsp3) is 0.278. The summed E-state index contributed by atoms with van der Waals surface area (Å²) in [7, 11) is -3.73. The van der Waals surface area contributed by atoms with Crippen LogP contribution in [-0.2, 0) is 14.8 Å². The second-order valence-corrected chi connectivity index (χ2v) is 8.64. The van der Waals surface area contributed by atoms with Crippen LogP contribution in [0.4, 0.5) is 11.4 Å². The number of benzene rings is 2. The molecule has 0 aliphatic carbocycles. The molecule has 0 unspecified atom stereocenters. The van der Waals surface area contributed by atoms with Crippen molar-refractivity contribution in [3.05, 3.63) is 53.6 Å². The van der Waals surface area contributed by atoms with Crippen LogP contribution >= 0.6 is 23.8 Å². The third kappa shape index (κ3) is 5.80. The first kappa shape index (κ1) is 19.9. The van der Waals surface area contributed by atoms with Gasteiger partial charge in [-0.15, -0.1) is 0 Å². The molecule has 1 saturated heterocycles. The molecule has 1 fully saturated rings. The molecule has 1 heterocycles. The van der Waals surface area contributed by atoms with Gasteiger partial charge in [0, 0.05) is 29.5 Å². The van der Waals surface area contributed by atoms with Crippen molar-refractivity contribution in [3.8, 4) is 0 Å². The molecule has 1 aliphatic rings. The highest BCUT2D eigenvalue weighted by Gasteiger charge is 2.17. The van der Waals surface area contributed by atoms with Crippen molar-refractivity contribution in [2.24, 2.45) is 0 Å². The van der Waals surface area contributed by atoms with Gasteiger partial charge in [-0.05, 0) is 67.5 Å². The van der Waals surface area contributed by atoms with Crippen LogP contribution in [0.15, 0.2) is 53.4 Å². The van der Waals surface area contributed by atoms with Gasteiger partial charge in [-0.1, -0.05) is 17.7 Å². The summed E-state index contributed by atoms with van der Waals surface area (Å²) in [5.41, 5.74) is 1.02. The molecule has 3 rings (SSSR count). The number of hydrogen-bond donors (Lipinski definition) is 3. The SMILES string of the molecule is O=S(=O)(Nc1ccc(Cl)cc1)c1cccc(NC(=S)NC[C@H]2CCCO2)c1. The van der Waals surface area contributed by atoms with Crippen molar-refractivity contribution in [2.45, 2.75) is 23.8 Å². The van der Waals surface area contributed by atoms with E-state index in [0.717, 1.165) is 19.4 Å². The second-order valence-electron chi connectivity index (χ2n) is 6.11. The van der Waals surface area contributed by atoms with Gasteiger partial charge in [0.1, 0.15) is 0 Å². The zero-order chi connectivity index (χ0) is 19.3. The Balaban J connectivity index is 1.63. The third-order valence-electron chi connectivity index (χ3n) is 4.01. The second kappa shape index (κ2) is 8.88. The fourth-order valence-electron chi connectivity index (χ4n) is 2.66. The average Bonchev–Trinajstić information content (AvgIpc) is 3.16. The third-order valence-corrected chi connectivity index (χ3v) is 5.89. The van der Waals surface area contributed by atoms with Gasteiger partial charge < -0.3 is 15.4 Å². The van der Waals surface area contributed by atoms with Gasteiger partial charge in [0.2, 0.25) is 0 Å². The van der Waals surface area contributed by atoms with Crippen molar-refractivity contribution in [1.29, 1.82) is 0 Å². The van der Waals surface area contributed by atoms with E-state index in [1.54, 1.807) is 36.4 Å². The van der Waals surface area contributed by atoms with Crippen molar-refractivity contribution in [1.82, 2.24) is 5.32 Å². The number of anilines is 2. The van der Waals surface area contributed by atoms with Gasteiger partial charge in [0.15, 0.2) is 5.11 Å². The predicted octanol–water partition coefficient (Wildman–Crippen LogP) is 3.61. The molecule has 3 N–H and O–H groups in total. The molecule has 0 saturated carbocycles. The lowest BCUT2D eigenvalue weighted by molar-refractivity contribution is 0.114. The van der Waals surface area contributed by atoms with Crippen molar-refractivity contribution in [2.75, 3.05) is 23.2 Å². The number of rotatable bonds is 6. The van der Waals surface area contributed by atoms with E-state index in [-0.39, 0.29) is 11.0 Å². The molecule has 2 aromatic rings. The van der Waals surface area contributed by atoms with E-state index in [0.29, 0.717) is 28.1 Å². The Bertz CT molecular complexity index is 898. The number of halogens is 1. The maximum absolute atomic E-state index is 12.6. The molecule has 0 spiro atoms. The lowest BCUT2D eigenvalue weighted by atomic mass is 10.2. The first-order chi connectivity index (χ1) is 12.9. The summed E-state index contributed by atoms with van der Waals surface area (Å²) < 4.78 is 33.2. The molecule has 0 bridgehead atoms. The van der Waals surface area contributed by atoms with Gasteiger partial charge in [-0.3, -0.25) is 4.72 Å². The largest absolute Gasteiger partial charge is 0.376 e. The van der Waals surface area contributed by atoms with Crippen molar-refractivity contribution < 1.29 is 13.2 Å². The molecular formula is C18H20ClN3O3S2. The Morgan fingerprint density at radius 2 is 1.96 bits per heavy atom. The van der Waals surface area contributed by atoms with Gasteiger partial charge in [0.05, 0.1) is 11.0 Å². The van der Waals surface area contributed by atoms with Crippen molar-refractivity contribution in [3.63, 3.8) is 0 Å². The van der Waals surface area contributed by atoms with E-state index in [4.69, 9.17) is 28.6 Å². The fourth-order valence-corrected chi connectivity index (χ4v) is 4.09. The summed E-state index contributed by atoms with van der Waals surface area (Å²) in [5.74, 6) is 0. The van der Waals surface area contributed by atoms with Gasteiger partial charge in [0.25, 0.3) is 10.0 Å². The molecule has 144 valence electrons. The Morgan fingerprint density at radius 1 is 1.19 bits per heavy atom. The highest BCUT2D eigenvalue weighted by molar-refractivity contribution is 7.92. The first-order valence-corrected chi connectivity index (χ1v) is 10.7. The Hall–Kier alpha value is -1.87. The highest BCUT2D eigenvalue weighted by atomic mass is 35.5. The van der Waals surface area contributed by atoms with E-state index in [2.05, 4.69) is 15.4 Å². The Kier molecular flexibility index (Phi) is 6.54. The Labute approximate surface area is 169 Å². The molecule has 0 radical (unpaired) electrons. The van der Waals surface area contributed by atoms with Crippen LogP contribution < -0.4 is 15.4 Å². The molecule has 6 nitrogen and oxygen atoms in total. The standard InChI is InChI=1S/C18H20ClN3O3S2/c19-13-6-8-14(9-7-13)22-27(23,24)17-5-1-3-15(11-17)21-18(26)20-12-16-4-2-10-25-16/h1,3,5-9,11,16,22H,2,4,10,12H2,(H2,20,21,26)/t16-/m1/s1. The van der Waals surface area contributed by atoms with Crippen LogP contribution in [0.2, 0.25) is 5.02 Å². The minimum absolute atomic E-state index is 0.129. The summed E-state index contributed by atoms with van der Waals surface area (Å²) in [5, 5.41) is 7.06. The average molecular weight is 426 g/mol. The molecule has 27 heavy (non-hydrogen) atoms. The first-order valence-electron chi connectivity index (χ1n) is 8.47. The molecular weight excluding hydrogens is 406 g/mol. The van der Waals surface area contributed by atoms with Gasteiger partial charge in [-0.25, -0.2) is 8.42 Å². The van der Waals surface area contributed by atoms with Crippen molar-refractivity contribution >= 4 is 50.3 Å². The minimum Gasteiger partial charge on any atom is -0.376 e. The summed E-state index contributed by atoms with van der Waals surface area (Å²) in [4.78, 5) is 0.129. The van der Waals surface area contributed by atoms with Gasteiger partial charge >= 0.3 is 0 Å². The smallest absolute Gasteiger partial charge is 0.261 e. The predicted molar refractivity (Wildman–Crippen MR) is 112 cm³/mol. The highest BCUT2D eigenvalue weighted by Crippen LogP contribution is 2.20. The molecule has 1 aliphatic heterocycles. The lowest BCUT2D eigenvalue weighted by Gasteiger charge is -2.15. The van der Waals surface area contributed by atoms with E-state index in [1.807, 2.05) is 0 Å². The van der Waals surface area contributed by atoms with E-state index >= 15 is 0 Å². The van der Waals surface area contributed by atoms with Crippen LogP contribution in [0.5, 0.6) is 0 Å². The normalized spacial score (nSPS) is 16.7. The summed E-state index contributed by atoms with van der Waals surface area (Å²) in [6.45, 7) is 1.41. The molecule has 1 atom stereocenters. The van der Waals surface area contributed by atoms with Crippen LogP contribution in [-0.4, -0.2) is 32.8 Å². The van der Waals surface area contributed by atoms with Crippen LogP contribution in [0.1, 0.15) is 12.8 Å². The summed E-state index contributed by atoms with van der Waals surface area (Å²) >= 11 is 11.1. The minimum atomic E-state index is -3.73.